The molecular weight excluding hydrogens is 206 g/mol. The average molecular weight is 223 g/mol. The first-order valence-corrected chi connectivity index (χ1v) is 6.20. The Labute approximate surface area is 95.0 Å². The van der Waals surface area contributed by atoms with Gasteiger partial charge in [-0.3, -0.25) is 4.79 Å². The van der Waals surface area contributed by atoms with E-state index < -0.39 is 0 Å². The van der Waals surface area contributed by atoms with E-state index in [1.807, 2.05) is 23.6 Å². The first-order chi connectivity index (χ1) is 7.33. The molecule has 0 atom stereocenters. The lowest BCUT2D eigenvalue weighted by atomic mass is 10.2. The molecule has 0 saturated carbocycles. The molecule has 0 spiro atoms. The van der Waals surface area contributed by atoms with Crippen molar-refractivity contribution in [3.63, 3.8) is 0 Å². The fraction of sp³-hybridized carbons (Fsp3) is 0.417. The van der Waals surface area contributed by atoms with Gasteiger partial charge in [0, 0.05) is 17.5 Å². The molecule has 0 aliphatic heterocycles. The third-order valence-corrected chi connectivity index (χ3v) is 2.86. The zero-order valence-corrected chi connectivity index (χ0v) is 9.85. The fourth-order valence-corrected chi connectivity index (χ4v) is 1.81. The monoisotopic (exact) mass is 223 g/mol. The zero-order chi connectivity index (χ0) is 10.9. The van der Waals surface area contributed by atoms with Gasteiger partial charge < -0.3 is 5.32 Å². The highest BCUT2D eigenvalue weighted by Crippen LogP contribution is 2.09. The van der Waals surface area contributed by atoms with Gasteiger partial charge in [-0.25, -0.2) is 0 Å². The summed E-state index contributed by atoms with van der Waals surface area (Å²) in [6.07, 6.45) is 6.86. The van der Waals surface area contributed by atoms with Crippen LogP contribution in [0.3, 0.4) is 0 Å². The molecule has 1 N–H and O–H groups in total. The maximum absolute atomic E-state index is 11.3. The van der Waals surface area contributed by atoms with Crippen LogP contribution < -0.4 is 5.32 Å². The summed E-state index contributed by atoms with van der Waals surface area (Å²) in [4.78, 5) is 12.4. The average Bonchev–Trinajstić information content (AvgIpc) is 2.74. The van der Waals surface area contributed by atoms with Crippen LogP contribution in [0.4, 0.5) is 0 Å². The van der Waals surface area contributed by atoms with Crippen molar-refractivity contribution in [3.8, 4) is 0 Å². The molecule has 2 nitrogen and oxygen atoms in total. The van der Waals surface area contributed by atoms with Gasteiger partial charge >= 0.3 is 0 Å². The van der Waals surface area contributed by atoms with Crippen molar-refractivity contribution in [2.45, 2.75) is 26.2 Å². The molecule has 1 amide bonds. The van der Waals surface area contributed by atoms with Gasteiger partial charge in [0.1, 0.15) is 0 Å². The Morgan fingerprint density at radius 3 is 3.07 bits per heavy atom. The number of carbonyl (C=O) groups is 1. The van der Waals surface area contributed by atoms with Crippen LogP contribution in [0.15, 0.2) is 23.6 Å². The van der Waals surface area contributed by atoms with Crippen LogP contribution in [-0.2, 0) is 4.79 Å². The van der Waals surface area contributed by atoms with Crippen molar-refractivity contribution < 1.29 is 4.79 Å². The van der Waals surface area contributed by atoms with Gasteiger partial charge in [0.15, 0.2) is 0 Å². The SMILES string of the molecule is CCCCCNC(=O)C=Cc1cccs1. The summed E-state index contributed by atoms with van der Waals surface area (Å²) >= 11 is 1.63. The molecule has 0 saturated heterocycles. The summed E-state index contributed by atoms with van der Waals surface area (Å²) in [6.45, 7) is 2.93. The molecule has 3 heteroatoms. The van der Waals surface area contributed by atoms with Gasteiger partial charge in [0.05, 0.1) is 0 Å². The first kappa shape index (κ1) is 12.0. The molecule has 1 rings (SSSR count). The van der Waals surface area contributed by atoms with Gasteiger partial charge in [-0.2, -0.15) is 0 Å². The van der Waals surface area contributed by atoms with E-state index in [0.717, 1.165) is 17.8 Å². The van der Waals surface area contributed by atoms with E-state index in [1.54, 1.807) is 17.4 Å². The normalized spacial score (nSPS) is 10.7. The van der Waals surface area contributed by atoms with Gasteiger partial charge in [0.25, 0.3) is 0 Å². The smallest absolute Gasteiger partial charge is 0.244 e. The van der Waals surface area contributed by atoms with Crippen molar-refractivity contribution in [1.29, 1.82) is 0 Å². The quantitative estimate of drug-likeness (QED) is 0.583. The lowest BCUT2D eigenvalue weighted by Crippen LogP contribution is -2.21. The summed E-state index contributed by atoms with van der Waals surface area (Å²) in [5.41, 5.74) is 0. The highest BCUT2D eigenvalue weighted by Gasteiger charge is 1.94. The number of thiophene rings is 1. The highest BCUT2D eigenvalue weighted by atomic mass is 32.1. The molecule has 82 valence electrons. The third-order valence-electron chi connectivity index (χ3n) is 2.02. The van der Waals surface area contributed by atoms with Crippen LogP contribution in [0.5, 0.6) is 0 Å². The second-order valence-corrected chi connectivity index (χ2v) is 4.33. The molecule has 1 heterocycles. The molecular formula is C12H17NOS. The maximum Gasteiger partial charge on any atom is 0.244 e. The molecule has 1 aromatic heterocycles. The Morgan fingerprint density at radius 1 is 1.53 bits per heavy atom. The number of rotatable bonds is 6. The van der Waals surface area contributed by atoms with Gasteiger partial charge in [-0.15, -0.1) is 11.3 Å². The minimum absolute atomic E-state index is 0.000460. The van der Waals surface area contributed by atoms with Crippen molar-refractivity contribution >= 4 is 23.3 Å². The number of unbranched alkanes of at least 4 members (excludes halogenated alkanes) is 2. The second-order valence-electron chi connectivity index (χ2n) is 3.35. The molecule has 15 heavy (non-hydrogen) atoms. The van der Waals surface area contributed by atoms with E-state index in [-0.39, 0.29) is 5.91 Å². The van der Waals surface area contributed by atoms with Crippen LogP contribution >= 0.6 is 11.3 Å². The Balaban J connectivity index is 2.18. The highest BCUT2D eigenvalue weighted by molar-refractivity contribution is 7.10. The van der Waals surface area contributed by atoms with E-state index in [1.165, 1.54) is 12.8 Å². The van der Waals surface area contributed by atoms with E-state index in [2.05, 4.69) is 12.2 Å². The Bertz CT molecular complexity index is 303. The van der Waals surface area contributed by atoms with Crippen LogP contribution in [0.1, 0.15) is 31.1 Å². The Hall–Kier alpha value is -1.09. The summed E-state index contributed by atoms with van der Waals surface area (Å²) in [7, 11) is 0. The minimum Gasteiger partial charge on any atom is -0.353 e. The summed E-state index contributed by atoms with van der Waals surface area (Å²) in [5.74, 6) is -0.000460. The van der Waals surface area contributed by atoms with Crippen LogP contribution in [-0.4, -0.2) is 12.5 Å². The van der Waals surface area contributed by atoms with Crippen LogP contribution in [0.2, 0.25) is 0 Å². The van der Waals surface area contributed by atoms with Gasteiger partial charge in [0.2, 0.25) is 5.91 Å². The minimum atomic E-state index is -0.000460. The summed E-state index contributed by atoms with van der Waals surface area (Å²) in [6, 6.07) is 3.97. The molecule has 0 fully saturated rings. The molecule has 0 bridgehead atoms. The second kappa shape index (κ2) is 7.23. The lowest BCUT2D eigenvalue weighted by molar-refractivity contribution is -0.116. The molecule has 0 aliphatic carbocycles. The van der Waals surface area contributed by atoms with E-state index in [0.29, 0.717) is 0 Å². The number of hydrogen-bond acceptors (Lipinski definition) is 2. The van der Waals surface area contributed by atoms with Gasteiger partial charge in [-0.1, -0.05) is 25.8 Å². The maximum atomic E-state index is 11.3. The molecule has 0 aromatic carbocycles. The lowest BCUT2D eigenvalue weighted by Gasteiger charge is -1.99. The Kier molecular flexibility index (Phi) is 5.78. The summed E-state index contributed by atoms with van der Waals surface area (Å²) < 4.78 is 0. The fourth-order valence-electron chi connectivity index (χ4n) is 1.19. The van der Waals surface area contributed by atoms with Crippen molar-refractivity contribution in [1.82, 2.24) is 5.32 Å². The number of carbonyl (C=O) groups excluding carboxylic acids is 1. The van der Waals surface area contributed by atoms with Crippen LogP contribution in [0.25, 0.3) is 6.08 Å². The molecule has 0 aliphatic rings. The number of hydrogen-bond donors (Lipinski definition) is 1. The standard InChI is InChI=1S/C12H17NOS/c1-2-3-4-9-13-12(14)8-7-11-6-5-10-15-11/h5-8,10H,2-4,9H2,1H3,(H,13,14). The topological polar surface area (TPSA) is 29.1 Å². The van der Waals surface area contributed by atoms with E-state index >= 15 is 0 Å². The van der Waals surface area contributed by atoms with Crippen molar-refractivity contribution in [2.75, 3.05) is 6.54 Å². The third kappa shape index (κ3) is 5.37. The molecule has 1 aromatic rings. The Morgan fingerprint density at radius 2 is 2.40 bits per heavy atom. The van der Waals surface area contributed by atoms with Gasteiger partial charge in [-0.05, 0) is 23.9 Å². The number of amides is 1. The molecule has 0 unspecified atom stereocenters. The zero-order valence-electron chi connectivity index (χ0n) is 9.03. The van der Waals surface area contributed by atoms with E-state index in [9.17, 15) is 4.79 Å². The predicted molar refractivity (Wildman–Crippen MR) is 65.9 cm³/mol. The molecule has 0 radical (unpaired) electrons. The van der Waals surface area contributed by atoms with E-state index in [4.69, 9.17) is 0 Å². The number of nitrogens with one attached hydrogen (secondary N) is 1. The largest absolute Gasteiger partial charge is 0.353 e. The van der Waals surface area contributed by atoms with Crippen LogP contribution in [0, 0.1) is 0 Å². The summed E-state index contributed by atoms with van der Waals surface area (Å²) in [5, 5.41) is 4.86. The van der Waals surface area contributed by atoms with Crippen molar-refractivity contribution in [3.05, 3.63) is 28.5 Å². The first-order valence-electron chi connectivity index (χ1n) is 5.32. The van der Waals surface area contributed by atoms with Crippen molar-refractivity contribution in [2.24, 2.45) is 0 Å². The predicted octanol–water partition coefficient (Wildman–Crippen LogP) is 3.07.